The zero-order valence-electron chi connectivity index (χ0n) is 16.2. The molecule has 1 aliphatic rings. The molecule has 1 saturated heterocycles. The van der Waals surface area contributed by atoms with Gasteiger partial charge >= 0.3 is 0 Å². The molecule has 8 heteroatoms. The standard InChI is InChI=1S/C20H24N8/c1-13-11-21-18-19(22-12-17-24-15-5-3-4-6-16(15)25-17)26-28(20(18)23-13)14-7-9-27(2)10-8-14/h3-6,11,14H,7-10,12H2,1-2H3,(H,22,26)(H,24,25). The highest BCUT2D eigenvalue weighted by atomic mass is 15.4. The van der Waals surface area contributed by atoms with Gasteiger partial charge in [0.1, 0.15) is 5.82 Å². The van der Waals surface area contributed by atoms with E-state index in [0.29, 0.717) is 12.6 Å². The second-order valence-electron chi connectivity index (χ2n) is 7.57. The summed E-state index contributed by atoms with van der Waals surface area (Å²) in [5, 5.41) is 8.28. The molecule has 0 saturated carbocycles. The number of aryl methyl sites for hydroxylation is 1. The van der Waals surface area contributed by atoms with Crippen molar-refractivity contribution >= 4 is 28.0 Å². The molecule has 3 aromatic heterocycles. The van der Waals surface area contributed by atoms with Crippen molar-refractivity contribution in [1.29, 1.82) is 0 Å². The minimum atomic E-state index is 0.358. The Morgan fingerprint density at radius 3 is 2.82 bits per heavy atom. The van der Waals surface area contributed by atoms with Gasteiger partial charge in [0.2, 0.25) is 0 Å². The number of aromatic amines is 1. The molecule has 2 N–H and O–H groups in total. The molecule has 0 radical (unpaired) electrons. The van der Waals surface area contributed by atoms with Crippen LogP contribution in [0, 0.1) is 6.92 Å². The Morgan fingerprint density at radius 1 is 1.18 bits per heavy atom. The molecule has 0 unspecified atom stereocenters. The Kier molecular flexibility index (Phi) is 4.20. The zero-order chi connectivity index (χ0) is 19.1. The van der Waals surface area contributed by atoms with Crippen LogP contribution in [0.15, 0.2) is 30.5 Å². The van der Waals surface area contributed by atoms with Crippen molar-refractivity contribution in [3.63, 3.8) is 0 Å². The van der Waals surface area contributed by atoms with E-state index < -0.39 is 0 Å². The first-order valence-electron chi connectivity index (χ1n) is 9.75. The number of para-hydroxylation sites is 2. The first kappa shape index (κ1) is 17.1. The monoisotopic (exact) mass is 376 g/mol. The van der Waals surface area contributed by atoms with Crippen molar-refractivity contribution in [3.8, 4) is 0 Å². The van der Waals surface area contributed by atoms with Crippen LogP contribution in [-0.2, 0) is 6.54 Å². The molecule has 28 heavy (non-hydrogen) atoms. The van der Waals surface area contributed by atoms with Gasteiger partial charge in [-0.15, -0.1) is 0 Å². The molecule has 4 heterocycles. The molecule has 0 aliphatic carbocycles. The Morgan fingerprint density at radius 2 is 2.00 bits per heavy atom. The van der Waals surface area contributed by atoms with Crippen molar-refractivity contribution in [1.82, 2.24) is 34.6 Å². The van der Waals surface area contributed by atoms with E-state index in [9.17, 15) is 0 Å². The molecule has 0 amide bonds. The number of nitrogens with zero attached hydrogens (tertiary/aromatic N) is 6. The lowest BCUT2D eigenvalue weighted by atomic mass is 10.1. The molecule has 4 aromatic rings. The molecule has 0 bridgehead atoms. The molecule has 1 fully saturated rings. The van der Waals surface area contributed by atoms with Gasteiger partial charge in [-0.05, 0) is 52.0 Å². The molecule has 1 aliphatic heterocycles. The first-order valence-corrected chi connectivity index (χ1v) is 9.75. The number of benzene rings is 1. The lowest BCUT2D eigenvalue weighted by Crippen LogP contribution is -2.32. The van der Waals surface area contributed by atoms with Gasteiger partial charge in [0, 0.05) is 6.20 Å². The number of nitrogens with one attached hydrogen (secondary N) is 2. The van der Waals surface area contributed by atoms with Gasteiger partial charge in [-0.25, -0.2) is 19.6 Å². The summed E-state index contributed by atoms with van der Waals surface area (Å²) < 4.78 is 2.07. The van der Waals surface area contributed by atoms with Crippen LogP contribution in [0.4, 0.5) is 5.82 Å². The topological polar surface area (TPSA) is 87.6 Å². The summed E-state index contributed by atoms with van der Waals surface area (Å²) in [6.07, 6.45) is 3.95. The molecule has 5 rings (SSSR count). The maximum absolute atomic E-state index is 4.87. The fraction of sp³-hybridized carbons (Fsp3) is 0.400. The third kappa shape index (κ3) is 3.09. The number of likely N-dealkylation sites (tertiary alicyclic amines) is 1. The van der Waals surface area contributed by atoms with Crippen LogP contribution < -0.4 is 5.32 Å². The predicted octanol–water partition coefficient (Wildman–Crippen LogP) is 2.89. The molecular formula is C20H24N8. The number of imidazole rings is 1. The summed E-state index contributed by atoms with van der Waals surface area (Å²) in [6, 6.07) is 8.40. The van der Waals surface area contributed by atoms with E-state index in [1.54, 1.807) is 6.20 Å². The Labute approximate surface area is 163 Å². The number of rotatable bonds is 4. The van der Waals surface area contributed by atoms with Crippen molar-refractivity contribution in [2.45, 2.75) is 32.4 Å². The smallest absolute Gasteiger partial charge is 0.179 e. The lowest BCUT2D eigenvalue weighted by Gasteiger charge is -2.29. The second-order valence-corrected chi connectivity index (χ2v) is 7.57. The van der Waals surface area contributed by atoms with E-state index >= 15 is 0 Å². The predicted molar refractivity (Wildman–Crippen MR) is 109 cm³/mol. The molecular weight excluding hydrogens is 352 g/mol. The van der Waals surface area contributed by atoms with E-state index in [0.717, 1.165) is 65.5 Å². The number of piperidine rings is 1. The largest absolute Gasteiger partial charge is 0.360 e. The number of hydrogen-bond donors (Lipinski definition) is 2. The zero-order valence-corrected chi connectivity index (χ0v) is 16.2. The van der Waals surface area contributed by atoms with E-state index in [1.165, 1.54) is 0 Å². The van der Waals surface area contributed by atoms with Crippen LogP contribution in [0.3, 0.4) is 0 Å². The van der Waals surface area contributed by atoms with Crippen LogP contribution in [-0.4, -0.2) is 54.8 Å². The fourth-order valence-corrected chi connectivity index (χ4v) is 3.86. The quantitative estimate of drug-likeness (QED) is 0.569. The molecule has 8 nitrogen and oxygen atoms in total. The summed E-state index contributed by atoms with van der Waals surface area (Å²) >= 11 is 0. The van der Waals surface area contributed by atoms with Gasteiger partial charge < -0.3 is 15.2 Å². The molecule has 1 aromatic carbocycles. The first-order chi connectivity index (χ1) is 13.7. The number of anilines is 1. The van der Waals surface area contributed by atoms with E-state index in [2.05, 4.69) is 36.9 Å². The minimum Gasteiger partial charge on any atom is -0.360 e. The Hall–Kier alpha value is -3.00. The SMILES string of the molecule is Cc1cnc2c(NCc3nc4ccccc4[nH]3)nn(C3CCN(C)CC3)c2n1. The normalized spacial score (nSPS) is 16.2. The molecule has 0 spiro atoms. The highest BCUT2D eigenvalue weighted by Crippen LogP contribution is 2.28. The van der Waals surface area contributed by atoms with Crippen LogP contribution in [0.25, 0.3) is 22.2 Å². The second kappa shape index (κ2) is 6.87. The summed E-state index contributed by atoms with van der Waals surface area (Å²) in [5.74, 6) is 1.64. The van der Waals surface area contributed by atoms with E-state index in [4.69, 9.17) is 10.1 Å². The van der Waals surface area contributed by atoms with Crippen molar-refractivity contribution in [2.75, 3.05) is 25.5 Å². The van der Waals surface area contributed by atoms with Crippen LogP contribution >= 0.6 is 0 Å². The van der Waals surface area contributed by atoms with Crippen molar-refractivity contribution < 1.29 is 0 Å². The average molecular weight is 376 g/mol. The van der Waals surface area contributed by atoms with Crippen LogP contribution in [0.2, 0.25) is 0 Å². The van der Waals surface area contributed by atoms with Gasteiger partial charge in [0.15, 0.2) is 17.0 Å². The maximum atomic E-state index is 4.87. The van der Waals surface area contributed by atoms with E-state index in [1.807, 2.05) is 31.2 Å². The number of hydrogen-bond acceptors (Lipinski definition) is 6. The van der Waals surface area contributed by atoms with Crippen LogP contribution in [0.5, 0.6) is 0 Å². The molecule has 0 atom stereocenters. The highest BCUT2D eigenvalue weighted by molar-refractivity contribution is 5.83. The van der Waals surface area contributed by atoms with Crippen LogP contribution in [0.1, 0.15) is 30.4 Å². The minimum absolute atomic E-state index is 0.358. The number of aromatic nitrogens is 6. The summed E-state index contributed by atoms with van der Waals surface area (Å²) in [7, 11) is 2.17. The average Bonchev–Trinajstić information content (AvgIpc) is 3.27. The van der Waals surface area contributed by atoms with Gasteiger partial charge in [-0.2, -0.15) is 5.10 Å². The number of fused-ring (bicyclic) bond motifs is 2. The third-order valence-electron chi connectivity index (χ3n) is 5.42. The fourth-order valence-electron chi connectivity index (χ4n) is 3.86. The summed E-state index contributed by atoms with van der Waals surface area (Å²) in [5.41, 5.74) is 4.60. The van der Waals surface area contributed by atoms with Crippen molar-refractivity contribution in [2.24, 2.45) is 0 Å². The van der Waals surface area contributed by atoms with Gasteiger partial charge in [0.25, 0.3) is 0 Å². The van der Waals surface area contributed by atoms with Crippen molar-refractivity contribution in [3.05, 3.63) is 42.0 Å². The lowest BCUT2D eigenvalue weighted by molar-refractivity contribution is 0.215. The Bertz CT molecular complexity index is 1090. The van der Waals surface area contributed by atoms with Gasteiger partial charge in [0.05, 0.1) is 29.3 Å². The van der Waals surface area contributed by atoms with Gasteiger partial charge in [-0.3, -0.25) is 0 Å². The number of H-pyrrole nitrogens is 1. The van der Waals surface area contributed by atoms with Gasteiger partial charge in [-0.1, -0.05) is 12.1 Å². The maximum Gasteiger partial charge on any atom is 0.179 e. The summed E-state index contributed by atoms with van der Waals surface area (Å²) in [6.45, 7) is 4.68. The third-order valence-corrected chi connectivity index (χ3v) is 5.42. The summed E-state index contributed by atoms with van der Waals surface area (Å²) in [4.78, 5) is 19.7. The van der Waals surface area contributed by atoms with E-state index in [-0.39, 0.29) is 0 Å². The highest BCUT2D eigenvalue weighted by Gasteiger charge is 2.24. The Balaban J connectivity index is 1.45. The molecule has 144 valence electrons.